The first-order valence-electron chi connectivity index (χ1n) is 5.13. The molecule has 2 heteroatoms. The summed E-state index contributed by atoms with van der Waals surface area (Å²) in [6, 6.07) is 8.73. The standard InChI is InChI=1S/C12H16N2/c1-2-14-8-6-11-4-3-10(5-7-13)9-12(11)14/h3-4,6,8-9H,2,5,7,13H2,1H3. The second-order valence-electron chi connectivity index (χ2n) is 3.53. The molecule has 2 rings (SSSR count). The second-order valence-corrected chi connectivity index (χ2v) is 3.53. The highest BCUT2D eigenvalue weighted by molar-refractivity contribution is 5.80. The summed E-state index contributed by atoms with van der Waals surface area (Å²) in [6.45, 7) is 3.91. The Morgan fingerprint density at radius 1 is 1.29 bits per heavy atom. The first kappa shape index (κ1) is 9.28. The van der Waals surface area contributed by atoms with E-state index in [4.69, 9.17) is 5.73 Å². The molecule has 0 amide bonds. The third-order valence-electron chi connectivity index (χ3n) is 2.61. The largest absolute Gasteiger partial charge is 0.348 e. The summed E-state index contributed by atoms with van der Waals surface area (Å²) >= 11 is 0. The van der Waals surface area contributed by atoms with Crippen molar-refractivity contribution >= 4 is 10.9 Å². The summed E-state index contributed by atoms with van der Waals surface area (Å²) in [7, 11) is 0. The van der Waals surface area contributed by atoms with E-state index >= 15 is 0 Å². The molecule has 1 aromatic carbocycles. The monoisotopic (exact) mass is 188 g/mol. The van der Waals surface area contributed by atoms with Gasteiger partial charge in [-0.05, 0) is 43.0 Å². The highest BCUT2D eigenvalue weighted by Gasteiger charge is 2.00. The lowest BCUT2D eigenvalue weighted by molar-refractivity contribution is 0.797. The molecule has 0 atom stereocenters. The van der Waals surface area contributed by atoms with Crippen molar-refractivity contribution < 1.29 is 0 Å². The molecular formula is C12H16N2. The first-order valence-corrected chi connectivity index (χ1v) is 5.13. The molecule has 0 aliphatic carbocycles. The molecule has 0 radical (unpaired) electrons. The zero-order chi connectivity index (χ0) is 9.97. The van der Waals surface area contributed by atoms with Gasteiger partial charge in [0.25, 0.3) is 0 Å². The van der Waals surface area contributed by atoms with Crippen molar-refractivity contribution in [2.45, 2.75) is 19.9 Å². The Morgan fingerprint density at radius 2 is 2.14 bits per heavy atom. The predicted molar refractivity (Wildman–Crippen MR) is 60.4 cm³/mol. The van der Waals surface area contributed by atoms with Gasteiger partial charge in [-0.15, -0.1) is 0 Å². The number of aromatic nitrogens is 1. The maximum absolute atomic E-state index is 5.54. The molecule has 0 spiro atoms. The Balaban J connectivity index is 2.50. The van der Waals surface area contributed by atoms with Crippen LogP contribution in [0.15, 0.2) is 30.5 Å². The molecule has 0 unspecified atom stereocenters. The zero-order valence-electron chi connectivity index (χ0n) is 8.53. The summed E-state index contributed by atoms with van der Waals surface area (Å²) in [5.74, 6) is 0. The van der Waals surface area contributed by atoms with Gasteiger partial charge in [0.05, 0.1) is 0 Å². The Hall–Kier alpha value is -1.28. The average Bonchev–Trinajstić information content (AvgIpc) is 2.60. The topological polar surface area (TPSA) is 30.9 Å². The molecular weight excluding hydrogens is 172 g/mol. The minimum atomic E-state index is 0.721. The van der Waals surface area contributed by atoms with Gasteiger partial charge in [-0.25, -0.2) is 0 Å². The number of benzene rings is 1. The molecule has 0 fully saturated rings. The fraction of sp³-hybridized carbons (Fsp3) is 0.333. The molecule has 74 valence electrons. The third-order valence-corrected chi connectivity index (χ3v) is 2.61. The van der Waals surface area contributed by atoms with E-state index in [2.05, 4.69) is 42.0 Å². The Morgan fingerprint density at radius 3 is 2.86 bits per heavy atom. The third kappa shape index (κ3) is 1.53. The van der Waals surface area contributed by atoms with Crippen LogP contribution in [0.1, 0.15) is 12.5 Å². The molecule has 0 aliphatic rings. The van der Waals surface area contributed by atoms with Crippen molar-refractivity contribution in [1.29, 1.82) is 0 Å². The van der Waals surface area contributed by atoms with Crippen molar-refractivity contribution in [3.8, 4) is 0 Å². The molecule has 0 saturated carbocycles. The maximum Gasteiger partial charge on any atom is 0.0482 e. The van der Waals surface area contributed by atoms with Gasteiger partial charge >= 0.3 is 0 Å². The number of nitrogens with two attached hydrogens (primary N) is 1. The number of nitrogens with zero attached hydrogens (tertiary/aromatic N) is 1. The van der Waals surface area contributed by atoms with Gasteiger partial charge in [0, 0.05) is 18.3 Å². The average molecular weight is 188 g/mol. The number of hydrogen-bond donors (Lipinski definition) is 1. The first-order chi connectivity index (χ1) is 6.85. The lowest BCUT2D eigenvalue weighted by Crippen LogP contribution is -2.02. The number of rotatable bonds is 3. The van der Waals surface area contributed by atoms with Gasteiger partial charge in [-0.1, -0.05) is 12.1 Å². The Labute approximate surface area is 84.3 Å². The number of fused-ring (bicyclic) bond motifs is 1. The van der Waals surface area contributed by atoms with Crippen LogP contribution in [0.5, 0.6) is 0 Å². The molecule has 2 nitrogen and oxygen atoms in total. The summed E-state index contributed by atoms with van der Waals surface area (Å²) in [6.07, 6.45) is 3.10. The van der Waals surface area contributed by atoms with Gasteiger partial charge in [0.15, 0.2) is 0 Å². The maximum atomic E-state index is 5.54. The van der Waals surface area contributed by atoms with E-state index in [9.17, 15) is 0 Å². The van der Waals surface area contributed by atoms with Crippen molar-refractivity contribution in [3.05, 3.63) is 36.0 Å². The van der Waals surface area contributed by atoms with Crippen molar-refractivity contribution in [2.24, 2.45) is 5.73 Å². The minimum absolute atomic E-state index is 0.721. The van der Waals surface area contributed by atoms with Gasteiger partial charge in [0.1, 0.15) is 0 Å². The fourth-order valence-electron chi connectivity index (χ4n) is 1.83. The highest BCUT2D eigenvalue weighted by atomic mass is 14.9. The van der Waals surface area contributed by atoms with E-state index in [1.165, 1.54) is 16.5 Å². The molecule has 1 heterocycles. The van der Waals surface area contributed by atoms with E-state index < -0.39 is 0 Å². The summed E-state index contributed by atoms with van der Waals surface area (Å²) in [5.41, 5.74) is 8.19. The van der Waals surface area contributed by atoms with Crippen LogP contribution in [0.3, 0.4) is 0 Å². The molecule has 0 bridgehead atoms. The summed E-state index contributed by atoms with van der Waals surface area (Å²) in [4.78, 5) is 0. The van der Waals surface area contributed by atoms with Gasteiger partial charge in [-0.2, -0.15) is 0 Å². The smallest absolute Gasteiger partial charge is 0.0482 e. The summed E-state index contributed by atoms with van der Waals surface area (Å²) in [5, 5.41) is 1.31. The lowest BCUT2D eigenvalue weighted by Gasteiger charge is -2.03. The zero-order valence-corrected chi connectivity index (χ0v) is 8.53. The van der Waals surface area contributed by atoms with Gasteiger partial charge in [-0.3, -0.25) is 0 Å². The van der Waals surface area contributed by atoms with E-state index in [1.54, 1.807) is 0 Å². The van der Waals surface area contributed by atoms with Crippen LogP contribution in [0.4, 0.5) is 0 Å². The van der Waals surface area contributed by atoms with Crippen LogP contribution in [0.2, 0.25) is 0 Å². The minimum Gasteiger partial charge on any atom is -0.348 e. The highest BCUT2D eigenvalue weighted by Crippen LogP contribution is 2.17. The second kappa shape index (κ2) is 3.84. The Kier molecular flexibility index (Phi) is 2.55. The number of hydrogen-bond acceptors (Lipinski definition) is 1. The lowest BCUT2D eigenvalue weighted by atomic mass is 10.1. The molecule has 2 aromatic rings. The molecule has 1 aromatic heterocycles. The van der Waals surface area contributed by atoms with Crippen LogP contribution in [0, 0.1) is 0 Å². The predicted octanol–water partition coefficient (Wildman–Crippen LogP) is 2.16. The normalized spacial score (nSPS) is 11.0. The van der Waals surface area contributed by atoms with Crippen LogP contribution in [-0.2, 0) is 13.0 Å². The SMILES string of the molecule is CCn1ccc2ccc(CCN)cc21. The van der Waals surface area contributed by atoms with E-state index in [-0.39, 0.29) is 0 Å². The van der Waals surface area contributed by atoms with E-state index in [0.29, 0.717) is 0 Å². The van der Waals surface area contributed by atoms with Crippen LogP contribution >= 0.6 is 0 Å². The quantitative estimate of drug-likeness (QED) is 0.786. The summed E-state index contributed by atoms with van der Waals surface area (Å²) < 4.78 is 2.26. The van der Waals surface area contributed by atoms with Crippen molar-refractivity contribution in [1.82, 2.24) is 4.57 Å². The number of aryl methyl sites for hydroxylation is 1. The van der Waals surface area contributed by atoms with Crippen molar-refractivity contribution in [2.75, 3.05) is 6.54 Å². The van der Waals surface area contributed by atoms with Gasteiger partial charge in [0.2, 0.25) is 0 Å². The van der Waals surface area contributed by atoms with Crippen molar-refractivity contribution in [3.63, 3.8) is 0 Å². The molecule has 14 heavy (non-hydrogen) atoms. The van der Waals surface area contributed by atoms with Gasteiger partial charge < -0.3 is 10.3 Å². The van der Waals surface area contributed by atoms with E-state index in [0.717, 1.165) is 19.5 Å². The Bertz CT molecular complexity index is 429. The molecule has 0 saturated heterocycles. The van der Waals surface area contributed by atoms with E-state index in [1.807, 2.05) is 0 Å². The molecule has 0 aliphatic heterocycles. The van der Waals surface area contributed by atoms with Crippen LogP contribution in [0.25, 0.3) is 10.9 Å². The fourth-order valence-corrected chi connectivity index (χ4v) is 1.83. The van der Waals surface area contributed by atoms with Crippen LogP contribution < -0.4 is 5.73 Å². The molecule has 2 N–H and O–H groups in total. The van der Waals surface area contributed by atoms with Crippen LogP contribution in [-0.4, -0.2) is 11.1 Å².